The molecular weight excluding hydrogens is 240 g/mol. The van der Waals surface area contributed by atoms with Gasteiger partial charge in [0.25, 0.3) is 0 Å². The zero-order chi connectivity index (χ0) is 13.7. The van der Waals surface area contributed by atoms with E-state index in [1.807, 2.05) is 19.9 Å². The van der Waals surface area contributed by atoms with Crippen LogP contribution in [0.25, 0.3) is 0 Å². The van der Waals surface area contributed by atoms with E-state index in [2.05, 4.69) is 20.2 Å². The van der Waals surface area contributed by atoms with Crippen LogP contribution in [0.3, 0.4) is 0 Å². The van der Waals surface area contributed by atoms with Crippen LogP contribution >= 0.6 is 0 Å². The van der Waals surface area contributed by atoms with E-state index in [-0.39, 0.29) is 6.61 Å². The number of piperidine rings is 1. The topological polar surface area (TPSA) is 61.3 Å². The van der Waals surface area contributed by atoms with E-state index in [0.29, 0.717) is 12.0 Å². The van der Waals surface area contributed by atoms with Gasteiger partial charge < -0.3 is 10.4 Å². The van der Waals surface area contributed by atoms with E-state index in [1.54, 1.807) is 0 Å². The van der Waals surface area contributed by atoms with E-state index in [4.69, 9.17) is 0 Å². The predicted molar refractivity (Wildman–Crippen MR) is 76.3 cm³/mol. The molecule has 2 heterocycles. The fourth-order valence-electron chi connectivity index (χ4n) is 2.68. The van der Waals surface area contributed by atoms with Gasteiger partial charge in [0.1, 0.15) is 0 Å². The molecule has 1 aromatic heterocycles. The lowest BCUT2D eigenvalue weighted by Gasteiger charge is -2.34. The number of hydrogen-bond donors (Lipinski definition) is 2. The molecule has 0 radical (unpaired) electrons. The number of likely N-dealkylation sites (tertiary alicyclic amines) is 1. The Morgan fingerprint density at radius 1 is 1.32 bits per heavy atom. The van der Waals surface area contributed by atoms with Crippen LogP contribution in [-0.2, 0) is 0 Å². The number of anilines is 1. The molecule has 2 N–H and O–H groups in total. The van der Waals surface area contributed by atoms with Gasteiger partial charge in [-0.05, 0) is 39.3 Å². The molecule has 5 heteroatoms. The number of nitrogens with zero attached hydrogens (tertiary/aromatic N) is 3. The first-order valence-electron chi connectivity index (χ1n) is 7.10. The van der Waals surface area contributed by atoms with Crippen LogP contribution in [0.5, 0.6) is 0 Å². The van der Waals surface area contributed by atoms with E-state index in [0.717, 1.165) is 37.4 Å². The van der Waals surface area contributed by atoms with Crippen LogP contribution in [0, 0.1) is 13.8 Å². The van der Waals surface area contributed by atoms with Gasteiger partial charge in [-0.1, -0.05) is 6.42 Å². The molecule has 106 valence electrons. The summed E-state index contributed by atoms with van der Waals surface area (Å²) in [5, 5.41) is 12.6. The highest BCUT2D eigenvalue weighted by atomic mass is 16.3. The summed E-state index contributed by atoms with van der Waals surface area (Å²) in [6, 6.07) is 2.30. The molecule has 19 heavy (non-hydrogen) atoms. The molecule has 1 aliphatic heterocycles. The molecule has 0 aromatic carbocycles. The largest absolute Gasteiger partial charge is 0.395 e. The Morgan fingerprint density at radius 3 is 2.74 bits per heavy atom. The van der Waals surface area contributed by atoms with E-state index in [9.17, 15) is 5.11 Å². The second kappa shape index (κ2) is 6.82. The van der Waals surface area contributed by atoms with Crippen LogP contribution < -0.4 is 5.32 Å². The Labute approximate surface area is 115 Å². The first-order chi connectivity index (χ1) is 9.19. The van der Waals surface area contributed by atoms with E-state index < -0.39 is 0 Å². The number of nitrogens with one attached hydrogen (secondary N) is 1. The van der Waals surface area contributed by atoms with Crippen molar-refractivity contribution in [3.05, 3.63) is 17.5 Å². The van der Waals surface area contributed by atoms with E-state index in [1.165, 1.54) is 12.8 Å². The molecule has 1 aromatic rings. The maximum atomic E-state index is 9.36. The lowest BCUT2D eigenvalue weighted by atomic mass is 10.0. The summed E-state index contributed by atoms with van der Waals surface area (Å²) < 4.78 is 0. The zero-order valence-electron chi connectivity index (χ0n) is 11.9. The highest BCUT2D eigenvalue weighted by Crippen LogP contribution is 2.15. The van der Waals surface area contributed by atoms with Crippen molar-refractivity contribution in [3.63, 3.8) is 0 Å². The molecule has 5 nitrogen and oxygen atoms in total. The summed E-state index contributed by atoms with van der Waals surface area (Å²) >= 11 is 0. The normalized spacial score (nSPS) is 20.5. The minimum absolute atomic E-state index is 0.264. The summed E-state index contributed by atoms with van der Waals surface area (Å²) in [7, 11) is 0. The van der Waals surface area contributed by atoms with Crippen LogP contribution in [0.15, 0.2) is 6.07 Å². The van der Waals surface area contributed by atoms with Crippen molar-refractivity contribution in [2.24, 2.45) is 0 Å². The highest BCUT2D eigenvalue weighted by Gasteiger charge is 2.20. The standard InChI is InChI=1S/C14H24N4O/c1-11-9-12(2)17-14(16-11)15-6-8-18-7-4-3-5-13(18)10-19/h9,13,19H,3-8,10H2,1-2H3,(H,15,16,17). The quantitative estimate of drug-likeness (QED) is 0.840. The van der Waals surface area contributed by atoms with Crippen molar-refractivity contribution in [2.45, 2.75) is 39.2 Å². The van der Waals surface area contributed by atoms with Crippen molar-refractivity contribution >= 4 is 5.95 Å². The molecule has 1 atom stereocenters. The fourth-order valence-corrected chi connectivity index (χ4v) is 2.68. The number of aliphatic hydroxyl groups excluding tert-OH is 1. The summed E-state index contributed by atoms with van der Waals surface area (Å²) in [6.45, 7) is 7.06. The second-order valence-electron chi connectivity index (χ2n) is 5.27. The zero-order valence-corrected chi connectivity index (χ0v) is 11.9. The van der Waals surface area contributed by atoms with Crippen LogP contribution in [-0.4, -0.2) is 52.3 Å². The second-order valence-corrected chi connectivity index (χ2v) is 5.27. The maximum absolute atomic E-state index is 9.36. The molecule has 0 saturated carbocycles. The third kappa shape index (κ3) is 4.14. The average molecular weight is 264 g/mol. The number of rotatable bonds is 5. The Kier molecular flexibility index (Phi) is 5.10. The first-order valence-corrected chi connectivity index (χ1v) is 7.10. The Bertz CT molecular complexity index is 390. The van der Waals surface area contributed by atoms with Crippen molar-refractivity contribution in [1.82, 2.24) is 14.9 Å². The minimum Gasteiger partial charge on any atom is -0.395 e. The monoisotopic (exact) mass is 264 g/mol. The number of aromatic nitrogens is 2. The number of aryl methyl sites for hydroxylation is 2. The van der Waals surface area contributed by atoms with Gasteiger partial charge in [0.15, 0.2) is 0 Å². The summed E-state index contributed by atoms with van der Waals surface area (Å²) in [6.07, 6.45) is 3.57. The maximum Gasteiger partial charge on any atom is 0.223 e. The molecule has 0 bridgehead atoms. The molecule has 0 amide bonds. The lowest BCUT2D eigenvalue weighted by Crippen LogP contribution is -2.44. The van der Waals surface area contributed by atoms with Gasteiger partial charge >= 0.3 is 0 Å². The SMILES string of the molecule is Cc1cc(C)nc(NCCN2CCCCC2CO)n1. The molecule has 0 aliphatic carbocycles. The lowest BCUT2D eigenvalue weighted by molar-refractivity contribution is 0.0940. The van der Waals surface area contributed by atoms with Gasteiger partial charge in [0, 0.05) is 30.5 Å². The van der Waals surface area contributed by atoms with Crippen LogP contribution in [0.4, 0.5) is 5.95 Å². The van der Waals surface area contributed by atoms with Crippen molar-refractivity contribution < 1.29 is 5.11 Å². The molecule has 2 rings (SSSR count). The molecule has 1 unspecified atom stereocenters. The van der Waals surface area contributed by atoms with Crippen molar-refractivity contribution in [2.75, 3.05) is 31.6 Å². The summed E-state index contributed by atoms with van der Waals surface area (Å²) in [4.78, 5) is 11.1. The van der Waals surface area contributed by atoms with Gasteiger partial charge in [-0.15, -0.1) is 0 Å². The van der Waals surface area contributed by atoms with Gasteiger partial charge in [0.05, 0.1) is 6.61 Å². The van der Waals surface area contributed by atoms with Crippen molar-refractivity contribution in [3.8, 4) is 0 Å². The van der Waals surface area contributed by atoms with Gasteiger partial charge in [-0.3, -0.25) is 4.90 Å². The Morgan fingerprint density at radius 2 is 2.05 bits per heavy atom. The third-order valence-electron chi connectivity index (χ3n) is 3.62. The van der Waals surface area contributed by atoms with Crippen LogP contribution in [0.2, 0.25) is 0 Å². The third-order valence-corrected chi connectivity index (χ3v) is 3.62. The van der Waals surface area contributed by atoms with Gasteiger partial charge in [0.2, 0.25) is 5.95 Å². The van der Waals surface area contributed by atoms with Gasteiger partial charge in [-0.25, -0.2) is 9.97 Å². The predicted octanol–water partition coefficient (Wildman–Crippen LogP) is 1.35. The molecule has 0 spiro atoms. The molecule has 1 aliphatic rings. The minimum atomic E-state index is 0.264. The average Bonchev–Trinajstić information content (AvgIpc) is 2.38. The highest BCUT2D eigenvalue weighted by molar-refractivity contribution is 5.27. The van der Waals surface area contributed by atoms with Gasteiger partial charge in [-0.2, -0.15) is 0 Å². The smallest absolute Gasteiger partial charge is 0.223 e. The number of hydrogen-bond acceptors (Lipinski definition) is 5. The summed E-state index contributed by atoms with van der Waals surface area (Å²) in [5.74, 6) is 0.704. The Hall–Kier alpha value is -1.20. The first kappa shape index (κ1) is 14.2. The van der Waals surface area contributed by atoms with E-state index >= 15 is 0 Å². The number of aliphatic hydroxyl groups is 1. The molecule has 1 saturated heterocycles. The fraction of sp³-hybridized carbons (Fsp3) is 0.714. The van der Waals surface area contributed by atoms with Crippen LogP contribution in [0.1, 0.15) is 30.7 Å². The molecular formula is C14H24N4O. The Balaban J connectivity index is 1.82. The van der Waals surface area contributed by atoms with Crippen molar-refractivity contribution in [1.29, 1.82) is 0 Å². The molecule has 1 fully saturated rings. The summed E-state index contributed by atoms with van der Waals surface area (Å²) in [5.41, 5.74) is 1.97.